The Hall–Kier alpha value is -0.870. The summed E-state index contributed by atoms with van der Waals surface area (Å²) in [6.45, 7) is 4.47. The molecule has 0 bridgehead atoms. The molecule has 0 spiro atoms. The lowest BCUT2D eigenvalue weighted by molar-refractivity contribution is 0.0530. The van der Waals surface area contributed by atoms with Gasteiger partial charge >= 0.3 is 0 Å². The van der Waals surface area contributed by atoms with Gasteiger partial charge in [0.2, 0.25) is 6.79 Å². The van der Waals surface area contributed by atoms with E-state index in [1.807, 2.05) is 17.8 Å². The van der Waals surface area contributed by atoms with Crippen LogP contribution >= 0.6 is 35.7 Å². The van der Waals surface area contributed by atoms with Gasteiger partial charge in [-0.1, -0.05) is 6.07 Å². The summed E-state index contributed by atoms with van der Waals surface area (Å²) in [6, 6.07) is 6.25. The van der Waals surface area contributed by atoms with Crippen LogP contribution in [0.1, 0.15) is 18.4 Å². The van der Waals surface area contributed by atoms with Crippen LogP contribution in [0.25, 0.3) is 0 Å². The zero-order chi connectivity index (χ0) is 17.1. The smallest absolute Gasteiger partial charge is 0.231 e. The number of rotatable bonds is 3. The van der Waals surface area contributed by atoms with E-state index in [0.717, 1.165) is 62.1 Å². The van der Waals surface area contributed by atoms with Gasteiger partial charge in [-0.15, -0.1) is 24.0 Å². The Kier molecular flexibility index (Phi) is 6.79. The van der Waals surface area contributed by atoms with E-state index in [-0.39, 0.29) is 29.4 Å². The molecule has 2 fully saturated rings. The Labute approximate surface area is 175 Å². The standard InChI is InChI=1S/C18H25N3O3S.HI/c19-17(21-5-9-25-10-6-21)20-12-18(3-7-22-8-4-18)14-1-2-15-16(11-14)24-13-23-15;/h1-2,11H,3-10,12-13H2,(H2,19,20);1H. The summed E-state index contributed by atoms with van der Waals surface area (Å²) in [7, 11) is 0. The normalized spacial score (nSPS) is 22.0. The minimum atomic E-state index is -0.0472. The van der Waals surface area contributed by atoms with Gasteiger partial charge in [-0.2, -0.15) is 11.8 Å². The van der Waals surface area contributed by atoms with Crippen molar-refractivity contribution in [2.75, 3.05) is 51.1 Å². The fraction of sp³-hybridized carbons (Fsp3) is 0.611. The van der Waals surface area contributed by atoms with Crippen molar-refractivity contribution in [3.05, 3.63) is 23.8 Å². The molecular weight excluding hydrogens is 465 g/mol. The molecule has 26 heavy (non-hydrogen) atoms. The van der Waals surface area contributed by atoms with E-state index in [1.54, 1.807) is 0 Å². The summed E-state index contributed by atoms with van der Waals surface area (Å²) < 4.78 is 16.6. The largest absolute Gasteiger partial charge is 0.454 e. The number of thioether (sulfide) groups is 1. The zero-order valence-corrected chi connectivity index (χ0v) is 18.0. The summed E-state index contributed by atoms with van der Waals surface area (Å²) in [6.07, 6.45) is 1.89. The van der Waals surface area contributed by atoms with Crippen molar-refractivity contribution in [3.8, 4) is 11.5 Å². The van der Waals surface area contributed by atoms with E-state index in [9.17, 15) is 0 Å². The van der Waals surface area contributed by atoms with Crippen molar-refractivity contribution < 1.29 is 14.2 Å². The van der Waals surface area contributed by atoms with Gasteiger partial charge in [-0.25, -0.2) is 0 Å². The summed E-state index contributed by atoms with van der Waals surface area (Å²) in [4.78, 5) is 6.99. The highest BCUT2D eigenvalue weighted by molar-refractivity contribution is 14.0. The second kappa shape index (κ2) is 8.88. The van der Waals surface area contributed by atoms with Gasteiger partial charge in [0.05, 0.1) is 6.54 Å². The molecule has 3 heterocycles. The number of benzene rings is 1. The molecule has 8 heteroatoms. The topological polar surface area (TPSA) is 69.3 Å². The summed E-state index contributed by atoms with van der Waals surface area (Å²) in [5, 5.41) is 0. The molecule has 1 aromatic carbocycles. The number of halogens is 1. The van der Waals surface area contributed by atoms with E-state index in [0.29, 0.717) is 19.3 Å². The minimum Gasteiger partial charge on any atom is -0.454 e. The first-order chi connectivity index (χ1) is 12.3. The highest BCUT2D eigenvalue weighted by Gasteiger charge is 2.35. The van der Waals surface area contributed by atoms with Crippen molar-refractivity contribution in [1.29, 1.82) is 0 Å². The predicted octanol–water partition coefficient (Wildman–Crippen LogP) is 2.45. The van der Waals surface area contributed by atoms with Crippen LogP contribution in [0, 0.1) is 0 Å². The number of ether oxygens (including phenoxy) is 3. The minimum absolute atomic E-state index is 0. The number of hydrogen-bond donors (Lipinski definition) is 1. The molecule has 0 saturated carbocycles. The van der Waals surface area contributed by atoms with Crippen LogP contribution in [-0.2, 0) is 10.2 Å². The fourth-order valence-corrected chi connectivity index (χ4v) is 4.55. The van der Waals surface area contributed by atoms with E-state index < -0.39 is 0 Å². The van der Waals surface area contributed by atoms with Crippen molar-refractivity contribution in [2.45, 2.75) is 18.3 Å². The van der Waals surface area contributed by atoms with Gasteiger partial charge in [0.1, 0.15) is 0 Å². The molecule has 0 unspecified atom stereocenters. The molecular formula is C18H26IN3O3S. The number of aliphatic imine (C=N–C) groups is 1. The van der Waals surface area contributed by atoms with Crippen LogP contribution in [0.15, 0.2) is 23.2 Å². The summed E-state index contributed by atoms with van der Waals surface area (Å²) in [5.74, 6) is 4.56. The Morgan fingerprint density at radius 1 is 1.15 bits per heavy atom. The molecule has 4 rings (SSSR count). The van der Waals surface area contributed by atoms with E-state index in [1.165, 1.54) is 5.56 Å². The lowest BCUT2D eigenvalue weighted by Crippen LogP contribution is -2.44. The van der Waals surface area contributed by atoms with Gasteiger partial charge in [-0.3, -0.25) is 4.99 Å². The first-order valence-electron chi connectivity index (χ1n) is 8.87. The van der Waals surface area contributed by atoms with Crippen LogP contribution in [0.2, 0.25) is 0 Å². The molecule has 0 aromatic heterocycles. The molecule has 6 nitrogen and oxygen atoms in total. The monoisotopic (exact) mass is 491 g/mol. The van der Waals surface area contributed by atoms with Crippen molar-refractivity contribution in [3.63, 3.8) is 0 Å². The average molecular weight is 491 g/mol. The maximum atomic E-state index is 6.28. The predicted molar refractivity (Wildman–Crippen MR) is 115 cm³/mol. The van der Waals surface area contributed by atoms with Crippen molar-refractivity contribution in [1.82, 2.24) is 4.90 Å². The van der Waals surface area contributed by atoms with E-state index in [4.69, 9.17) is 24.9 Å². The van der Waals surface area contributed by atoms with Crippen molar-refractivity contribution >= 4 is 41.7 Å². The molecule has 2 saturated heterocycles. The Morgan fingerprint density at radius 3 is 2.65 bits per heavy atom. The first-order valence-corrected chi connectivity index (χ1v) is 10.0. The van der Waals surface area contributed by atoms with Gasteiger partial charge in [0.15, 0.2) is 17.5 Å². The SMILES string of the molecule is I.NC(=NCC1(c2ccc3c(c2)OCO3)CCOCC1)N1CCSCC1. The molecule has 3 aliphatic rings. The molecule has 144 valence electrons. The third kappa shape index (κ3) is 4.17. The average Bonchev–Trinajstić information content (AvgIpc) is 3.15. The summed E-state index contributed by atoms with van der Waals surface area (Å²) in [5.41, 5.74) is 7.48. The van der Waals surface area contributed by atoms with Gasteiger partial charge in [0, 0.05) is 43.2 Å². The quantitative estimate of drug-likeness (QED) is 0.398. The number of hydrogen-bond acceptors (Lipinski definition) is 5. The molecule has 3 aliphatic heterocycles. The molecule has 0 aliphatic carbocycles. The van der Waals surface area contributed by atoms with Crippen LogP contribution in [-0.4, -0.2) is 62.0 Å². The molecule has 0 atom stereocenters. The van der Waals surface area contributed by atoms with Gasteiger partial charge in [-0.05, 0) is 30.5 Å². The second-order valence-corrected chi connectivity index (χ2v) is 7.96. The maximum Gasteiger partial charge on any atom is 0.231 e. The molecule has 1 aromatic rings. The fourth-order valence-electron chi connectivity index (χ4n) is 3.65. The van der Waals surface area contributed by atoms with Gasteiger partial charge < -0.3 is 24.8 Å². The Balaban J connectivity index is 0.00000196. The lowest BCUT2D eigenvalue weighted by Gasteiger charge is -2.37. The highest BCUT2D eigenvalue weighted by atomic mass is 127. The number of nitrogens with zero attached hydrogens (tertiary/aromatic N) is 2. The Morgan fingerprint density at radius 2 is 1.88 bits per heavy atom. The first kappa shape index (κ1) is 19.9. The third-order valence-electron chi connectivity index (χ3n) is 5.31. The lowest BCUT2D eigenvalue weighted by atomic mass is 9.74. The van der Waals surface area contributed by atoms with Crippen LogP contribution < -0.4 is 15.2 Å². The van der Waals surface area contributed by atoms with E-state index in [2.05, 4.69) is 17.0 Å². The maximum absolute atomic E-state index is 6.28. The van der Waals surface area contributed by atoms with Crippen molar-refractivity contribution in [2.24, 2.45) is 10.7 Å². The van der Waals surface area contributed by atoms with Gasteiger partial charge in [0.25, 0.3) is 0 Å². The van der Waals surface area contributed by atoms with Crippen LogP contribution in [0.5, 0.6) is 11.5 Å². The van der Waals surface area contributed by atoms with E-state index >= 15 is 0 Å². The number of guanidine groups is 1. The van der Waals surface area contributed by atoms with Crippen LogP contribution in [0.4, 0.5) is 0 Å². The molecule has 2 N–H and O–H groups in total. The third-order valence-corrected chi connectivity index (χ3v) is 6.26. The summed E-state index contributed by atoms with van der Waals surface area (Å²) >= 11 is 1.98. The molecule has 0 amide bonds. The second-order valence-electron chi connectivity index (χ2n) is 6.73. The van der Waals surface area contributed by atoms with Crippen LogP contribution in [0.3, 0.4) is 0 Å². The number of nitrogens with two attached hydrogens (primary N) is 1. The Bertz CT molecular complexity index is 647. The molecule has 0 radical (unpaired) electrons. The number of fused-ring (bicyclic) bond motifs is 1. The highest BCUT2D eigenvalue weighted by Crippen LogP contribution is 2.41. The zero-order valence-electron chi connectivity index (χ0n) is 14.8.